The van der Waals surface area contributed by atoms with Crippen molar-refractivity contribution in [3.63, 3.8) is 0 Å². The summed E-state index contributed by atoms with van der Waals surface area (Å²) in [6.07, 6.45) is 5.60. The van der Waals surface area contributed by atoms with Crippen LogP contribution < -0.4 is 11.1 Å². The summed E-state index contributed by atoms with van der Waals surface area (Å²) in [5.74, 6) is -4.80. The molecule has 2 aliphatic rings. The highest BCUT2D eigenvalue weighted by atomic mass is 35.5. The van der Waals surface area contributed by atoms with Crippen molar-refractivity contribution in [3.8, 4) is 0 Å². The zero-order chi connectivity index (χ0) is 21.2. The molecule has 2 aromatic rings. The molecule has 0 amide bonds. The molecule has 1 aromatic carbocycles. The van der Waals surface area contributed by atoms with Gasteiger partial charge in [-0.3, -0.25) is 0 Å². The fourth-order valence-electron chi connectivity index (χ4n) is 3.82. The lowest BCUT2D eigenvalue weighted by molar-refractivity contribution is -0.161. The van der Waals surface area contributed by atoms with Crippen molar-refractivity contribution in [3.05, 3.63) is 40.7 Å². The van der Waals surface area contributed by atoms with Crippen LogP contribution in [0.1, 0.15) is 44.0 Å². The van der Waals surface area contributed by atoms with E-state index in [1.165, 1.54) is 42.8 Å². The maximum atomic E-state index is 11.2. The topological polar surface area (TPSA) is 101 Å². The lowest BCUT2D eigenvalue weighted by Crippen LogP contribution is -2.57. The molecule has 0 radical (unpaired) electrons. The van der Waals surface area contributed by atoms with Gasteiger partial charge >= 0.3 is 11.9 Å². The van der Waals surface area contributed by atoms with E-state index in [4.69, 9.17) is 22.4 Å². The Balaban J connectivity index is 0.000000298. The Hall–Kier alpha value is -1.84. The predicted octanol–water partition coefficient (Wildman–Crippen LogP) is 4.19. The highest BCUT2D eigenvalue weighted by Gasteiger charge is 2.51. The van der Waals surface area contributed by atoms with Crippen LogP contribution in [0, 0.1) is 5.41 Å². The summed E-state index contributed by atoms with van der Waals surface area (Å²) in [6, 6.07) is 8.83. The van der Waals surface area contributed by atoms with Crippen LogP contribution in [0.15, 0.2) is 24.3 Å². The van der Waals surface area contributed by atoms with E-state index in [2.05, 4.69) is 14.7 Å². The zero-order valence-electron chi connectivity index (χ0n) is 15.9. The Labute approximate surface area is 176 Å². The standard InChI is InChI=1S/C16H19ClN4S.C3H4F2O2/c17-11-3-1-10(2-4-11)5-14-20-15(22-21-14)19-13-8-16(9-13)6-12(18)7-16;1-3(4,5)2(6)7/h1-4,12-13H,5-9,18H2,(H,19,20,21);1H3,(H,6,7). The number of nitrogens with zero attached hydrogens (tertiary/aromatic N) is 2. The van der Waals surface area contributed by atoms with E-state index in [0.29, 0.717) is 24.4 Å². The maximum Gasteiger partial charge on any atom is 0.374 e. The van der Waals surface area contributed by atoms with Crippen molar-refractivity contribution in [1.82, 2.24) is 9.36 Å². The Morgan fingerprint density at radius 1 is 1.34 bits per heavy atom. The van der Waals surface area contributed by atoms with Crippen LogP contribution in [0.25, 0.3) is 0 Å². The van der Waals surface area contributed by atoms with Crippen LogP contribution in [-0.4, -0.2) is 38.4 Å². The lowest BCUT2D eigenvalue weighted by Gasteiger charge is -2.56. The van der Waals surface area contributed by atoms with Gasteiger partial charge in [0, 0.05) is 42.0 Å². The second-order valence-corrected chi connectivity index (χ2v) is 9.12. The number of carbonyl (C=O) groups is 1. The summed E-state index contributed by atoms with van der Waals surface area (Å²) in [4.78, 5) is 13.9. The third-order valence-electron chi connectivity index (χ3n) is 5.20. The number of nitrogens with two attached hydrogens (primary N) is 1. The number of anilines is 1. The molecule has 158 valence electrons. The van der Waals surface area contributed by atoms with Crippen LogP contribution in [-0.2, 0) is 11.2 Å². The van der Waals surface area contributed by atoms with Gasteiger partial charge in [-0.1, -0.05) is 23.7 Å². The molecule has 1 heterocycles. The number of rotatable bonds is 5. The van der Waals surface area contributed by atoms with Crippen LogP contribution in [0.5, 0.6) is 0 Å². The van der Waals surface area contributed by atoms with Crippen molar-refractivity contribution in [2.24, 2.45) is 11.1 Å². The fraction of sp³-hybridized carbons (Fsp3) is 0.526. The fourth-order valence-corrected chi connectivity index (χ4v) is 4.61. The average Bonchev–Trinajstić information content (AvgIpc) is 3.00. The number of carboxylic acids is 1. The highest BCUT2D eigenvalue weighted by Crippen LogP contribution is 2.55. The monoisotopic (exact) mass is 444 g/mol. The van der Waals surface area contributed by atoms with Gasteiger partial charge in [0.25, 0.3) is 0 Å². The highest BCUT2D eigenvalue weighted by molar-refractivity contribution is 7.09. The van der Waals surface area contributed by atoms with E-state index in [1.54, 1.807) is 0 Å². The molecule has 4 N–H and O–H groups in total. The summed E-state index contributed by atoms with van der Waals surface area (Å²) < 4.78 is 26.9. The molecule has 0 saturated heterocycles. The molecule has 2 fully saturated rings. The van der Waals surface area contributed by atoms with E-state index >= 15 is 0 Å². The lowest BCUT2D eigenvalue weighted by atomic mass is 9.52. The van der Waals surface area contributed by atoms with Crippen LogP contribution in [0.2, 0.25) is 5.02 Å². The SMILES string of the molecule is CC(F)(F)C(=O)O.NC1CC2(C1)CC(Nc1nc(Cc3ccc(Cl)cc3)ns1)C2. The number of aromatic nitrogens is 2. The van der Waals surface area contributed by atoms with E-state index < -0.39 is 11.9 Å². The molecular formula is C19H23ClF2N4O2S. The van der Waals surface area contributed by atoms with Gasteiger partial charge in [0.2, 0.25) is 5.13 Å². The summed E-state index contributed by atoms with van der Waals surface area (Å²) in [5.41, 5.74) is 7.63. The minimum Gasteiger partial charge on any atom is -0.477 e. The smallest absolute Gasteiger partial charge is 0.374 e. The molecular weight excluding hydrogens is 422 g/mol. The van der Waals surface area contributed by atoms with Gasteiger partial charge in [-0.05, 0) is 48.8 Å². The van der Waals surface area contributed by atoms with Gasteiger partial charge in [-0.25, -0.2) is 9.78 Å². The van der Waals surface area contributed by atoms with E-state index in [1.807, 2.05) is 24.3 Å². The Morgan fingerprint density at radius 2 is 1.93 bits per heavy atom. The summed E-state index contributed by atoms with van der Waals surface area (Å²) in [7, 11) is 0. The third-order valence-corrected chi connectivity index (χ3v) is 6.13. The molecule has 4 rings (SSSR count). The first kappa shape index (κ1) is 21.9. The summed E-state index contributed by atoms with van der Waals surface area (Å²) in [6.45, 7) is 0.329. The number of halogens is 3. The van der Waals surface area contributed by atoms with Gasteiger partial charge in [0.1, 0.15) is 5.82 Å². The summed E-state index contributed by atoms with van der Waals surface area (Å²) in [5, 5.41) is 12.7. The Kier molecular flexibility index (Phi) is 6.40. The Bertz CT molecular complexity index is 843. The van der Waals surface area contributed by atoms with Crippen molar-refractivity contribution < 1.29 is 18.7 Å². The average molecular weight is 445 g/mol. The molecule has 0 aliphatic heterocycles. The molecule has 2 aliphatic carbocycles. The Morgan fingerprint density at radius 3 is 2.45 bits per heavy atom. The number of benzene rings is 1. The number of nitrogens with one attached hydrogen (secondary N) is 1. The van der Waals surface area contributed by atoms with E-state index in [0.717, 1.165) is 22.4 Å². The molecule has 6 nitrogen and oxygen atoms in total. The molecule has 0 unspecified atom stereocenters. The number of hydrogen-bond acceptors (Lipinski definition) is 6. The largest absolute Gasteiger partial charge is 0.477 e. The van der Waals surface area contributed by atoms with Crippen molar-refractivity contribution >= 4 is 34.2 Å². The first-order valence-corrected chi connectivity index (χ1v) is 10.4. The second-order valence-electron chi connectivity index (χ2n) is 7.93. The first-order chi connectivity index (χ1) is 13.5. The van der Waals surface area contributed by atoms with Crippen molar-refractivity contribution in [1.29, 1.82) is 0 Å². The first-order valence-electron chi connectivity index (χ1n) is 9.25. The molecule has 0 bridgehead atoms. The quantitative estimate of drug-likeness (QED) is 0.639. The molecule has 1 aromatic heterocycles. The molecule has 29 heavy (non-hydrogen) atoms. The minimum atomic E-state index is -3.58. The maximum absolute atomic E-state index is 11.2. The molecule has 1 spiro atoms. The number of alkyl halides is 2. The minimum absolute atomic E-state index is 0.329. The van der Waals surface area contributed by atoms with Gasteiger partial charge in [-0.2, -0.15) is 13.2 Å². The van der Waals surface area contributed by atoms with E-state index in [-0.39, 0.29) is 0 Å². The van der Waals surface area contributed by atoms with Gasteiger partial charge in [0.15, 0.2) is 0 Å². The van der Waals surface area contributed by atoms with Crippen LogP contribution >= 0.6 is 23.1 Å². The predicted molar refractivity (Wildman–Crippen MR) is 109 cm³/mol. The molecule has 10 heteroatoms. The van der Waals surface area contributed by atoms with Gasteiger partial charge in [0.05, 0.1) is 0 Å². The van der Waals surface area contributed by atoms with Gasteiger partial charge in [-0.15, -0.1) is 0 Å². The van der Waals surface area contributed by atoms with Gasteiger partial charge < -0.3 is 16.2 Å². The van der Waals surface area contributed by atoms with E-state index in [9.17, 15) is 13.6 Å². The van der Waals surface area contributed by atoms with Crippen LogP contribution in [0.3, 0.4) is 0 Å². The molecule has 2 saturated carbocycles. The van der Waals surface area contributed by atoms with Crippen molar-refractivity contribution in [2.75, 3.05) is 5.32 Å². The number of carboxylic acid groups (broad SMARTS) is 1. The number of aliphatic carboxylic acids is 1. The third kappa shape index (κ3) is 5.83. The number of hydrogen-bond donors (Lipinski definition) is 3. The second kappa shape index (κ2) is 8.49. The van der Waals surface area contributed by atoms with Crippen molar-refractivity contribution in [2.45, 2.75) is 57.0 Å². The normalized spacial score (nSPS) is 25.4. The van der Waals surface area contributed by atoms with Crippen LogP contribution in [0.4, 0.5) is 13.9 Å². The summed E-state index contributed by atoms with van der Waals surface area (Å²) >= 11 is 7.35. The zero-order valence-corrected chi connectivity index (χ0v) is 17.4. The molecule has 0 atom stereocenters.